The lowest BCUT2D eigenvalue weighted by Gasteiger charge is -2.36. The molecule has 0 aliphatic carbocycles. The molecule has 1 saturated heterocycles. The van der Waals surface area contributed by atoms with Gasteiger partial charge in [0.1, 0.15) is 5.75 Å². The number of carbonyl (C=O) groups excluding carboxylic acids is 1. The Balaban J connectivity index is 1.98. The van der Waals surface area contributed by atoms with Gasteiger partial charge in [-0.2, -0.15) is 0 Å². The zero-order valence-electron chi connectivity index (χ0n) is 11.1. The van der Waals surface area contributed by atoms with Gasteiger partial charge in [0.2, 0.25) is 5.91 Å². The molecule has 0 saturated carbocycles. The molecule has 104 valence electrons. The molecule has 0 radical (unpaired) electrons. The number of halogens is 1. The van der Waals surface area contributed by atoms with Crippen LogP contribution in [0.4, 0.5) is 5.69 Å². The fraction of sp³-hybridized carbons (Fsp3) is 0.500. The van der Waals surface area contributed by atoms with Gasteiger partial charge in [0.05, 0.1) is 12.8 Å². The van der Waals surface area contributed by atoms with E-state index < -0.39 is 0 Å². The highest BCUT2D eigenvalue weighted by molar-refractivity contribution is 6.18. The van der Waals surface area contributed by atoms with Gasteiger partial charge in [0.25, 0.3) is 0 Å². The van der Waals surface area contributed by atoms with E-state index in [1.165, 1.54) is 0 Å². The molecule has 0 atom stereocenters. The minimum atomic E-state index is 0.148. The number of alkyl halides is 1. The van der Waals surface area contributed by atoms with Crippen molar-refractivity contribution >= 4 is 23.2 Å². The normalized spacial score (nSPS) is 15.5. The van der Waals surface area contributed by atoms with Gasteiger partial charge in [-0.05, 0) is 12.1 Å². The van der Waals surface area contributed by atoms with Gasteiger partial charge in [0.15, 0.2) is 0 Å². The van der Waals surface area contributed by atoms with Gasteiger partial charge in [0, 0.05) is 38.5 Å². The Bertz CT molecular complexity index is 431. The summed E-state index contributed by atoms with van der Waals surface area (Å²) in [7, 11) is 1.68. The zero-order valence-corrected chi connectivity index (χ0v) is 11.9. The first kappa shape index (κ1) is 14.0. The average Bonchev–Trinajstić information content (AvgIpc) is 2.47. The first-order chi connectivity index (χ1) is 9.26. The third-order valence-electron chi connectivity index (χ3n) is 3.37. The minimum Gasteiger partial charge on any atom is -0.495 e. The van der Waals surface area contributed by atoms with Crippen LogP contribution in [0.2, 0.25) is 0 Å². The largest absolute Gasteiger partial charge is 0.495 e. The maximum absolute atomic E-state index is 11.8. The molecule has 0 N–H and O–H groups in total. The Kier molecular flexibility index (Phi) is 4.91. The molecule has 0 bridgehead atoms. The van der Waals surface area contributed by atoms with Crippen LogP contribution in [0, 0.1) is 0 Å². The number of hydrogen-bond donors (Lipinski definition) is 0. The van der Waals surface area contributed by atoms with Gasteiger partial charge in [-0.25, -0.2) is 0 Å². The Morgan fingerprint density at radius 3 is 2.58 bits per heavy atom. The van der Waals surface area contributed by atoms with Crippen molar-refractivity contribution in [3.63, 3.8) is 0 Å². The maximum Gasteiger partial charge on any atom is 0.223 e. The van der Waals surface area contributed by atoms with Crippen molar-refractivity contribution in [1.82, 2.24) is 4.90 Å². The first-order valence-electron chi connectivity index (χ1n) is 6.48. The highest BCUT2D eigenvalue weighted by Gasteiger charge is 2.22. The van der Waals surface area contributed by atoms with E-state index in [1.54, 1.807) is 7.11 Å². The molecule has 1 aliphatic heterocycles. The number of amides is 1. The number of anilines is 1. The Morgan fingerprint density at radius 1 is 1.26 bits per heavy atom. The van der Waals surface area contributed by atoms with Crippen LogP contribution in [-0.2, 0) is 4.79 Å². The second-order valence-corrected chi connectivity index (χ2v) is 4.86. The predicted molar refractivity (Wildman–Crippen MR) is 77.1 cm³/mol. The van der Waals surface area contributed by atoms with E-state index in [4.69, 9.17) is 16.3 Å². The monoisotopic (exact) mass is 282 g/mol. The number of methoxy groups -OCH3 is 1. The van der Waals surface area contributed by atoms with Crippen molar-refractivity contribution in [3.8, 4) is 5.75 Å². The Labute approximate surface area is 118 Å². The lowest BCUT2D eigenvalue weighted by Crippen LogP contribution is -2.48. The molecule has 0 unspecified atom stereocenters. The number of para-hydroxylation sites is 2. The molecule has 2 rings (SSSR count). The van der Waals surface area contributed by atoms with Gasteiger partial charge in [-0.1, -0.05) is 12.1 Å². The van der Waals surface area contributed by atoms with Crippen LogP contribution >= 0.6 is 11.6 Å². The fourth-order valence-corrected chi connectivity index (χ4v) is 2.49. The number of rotatable bonds is 4. The molecule has 19 heavy (non-hydrogen) atoms. The summed E-state index contributed by atoms with van der Waals surface area (Å²) in [6.07, 6.45) is 0.427. The second-order valence-electron chi connectivity index (χ2n) is 4.48. The smallest absolute Gasteiger partial charge is 0.223 e. The van der Waals surface area contributed by atoms with Crippen LogP contribution < -0.4 is 9.64 Å². The van der Waals surface area contributed by atoms with Crippen LogP contribution in [0.25, 0.3) is 0 Å². The van der Waals surface area contributed by atoms with E-state index in [-0.39, 0.29) is 5.91 Å². The zero-order chi connectivity index (χ0) is 13.7. The molecule has 1 aliphatic rings. The minimum absolute atomic E-state index is 0.148. The number of piperazine rings is 1. The molecule has 0 aromatic heterocycles. The van der Waals surface area contributed by atoms with E-state index in [9.17, 15) is 4.79 Å². The van der Waals surface area contributed by atoms with Crippen molar-refractivity contribution in [1.29, 1.82) is 0 Å². The van der Waals surface area contributed by atoms with Gasteiger partial charge < -0.3 is 14.5 Å². The van der Waals surface area contributed by atoms with Crippen LogP contribution in [0.15, 0.2) is 24.3 Å². The lowest BCUT2D eigenvalue weighted by molar-refractivity contribution is -0.131. The van der Waals surface area contributed by atoms with Crippen molar-refractivity contribution in [2.45, 2.75) is 6.42 Å². The van der Waals surface area contributed by atoms with Crippen molar-refractivity contribution in [2.24, 2.45) is 0 Å². The van der Waals surface area contributed by atoms with E-state index in [0.717, 1.165) is 37.6 Å². The summed E-state index contributed by atoms with van der Waals surface area (Å²) < 4.78 is 5.37. The Morgan fingerprint density at radius 2 is 1.95 bits per heavy atom. The van der Waals surface area contributed by atoms with Crippen molar-refractivity contribution in [2.75, 3.05) is 44.1 Å². The lowest BCUT2D eigenvalue weighted by atomic mass is 10.2. The summed E-state index contributed by atoms with van der Waals surface area (Å²) in [5, 5.41) is 0. The van der Waals surface area contributed by atoms with E-state index >= 15 is 0 Å². The van der Waals surface area contributed by atoms with E-state index in [1.807, 2.05) is 23.1 Å². The van der Waals surface area contributed by atoms with Crippen molar-refractivity contribution < 1.29 is 9.53 Å². The van der Waals surface area contributed by atoms with Crippen LogP contribution in [-0.4, -0.2) is 50.0 Å². The Hall–Kier alpha value is -1.42. The highest BCUT2D eigenvalue weighted by Crippen LogP contribution is 2.28. The summed E-state index contributed by atoms with van der Waals surface area (Å²) in [6.45, 7) is 3.14. The molecule has 0 spiro atoms. The maximum atomic E-state index is 11.8. The average molecular weight is 283 g/mol. The predicted octanol–water partition coefficient (Wildman–Crippen LogP) is 1.97. The molecule has 1 aromatic carbocycles. The number of ether oxygens (including phenoxy) is 1. The highest BCUT2D eigenvalue weighted by atomic mass is 35.5. The number of hydrogen-bond acceptors (Lipinski definition) is 3. The number of carbonyl (C=O) groups is 1. The fourth-order valence-electron chi connectivity index (χ4n) is 2.33. The summed E-state index contributed by atoms with van der Waals surface area (Å²) >= 11 is 5.61. The van der Waals surface area contributed by atoms with Gasteiger partial charge in [-0.3, -0.25) is 4.79 Å². The third kappa shape index (κ3) is 3.32. The second kappa shape index (κ2) is 6.66. The van der Waals surface area contributed by atoms with E-state index in [2.05, 4.69) is 11.0 Å². The first-order valence-corrected chi connectivity index (χ1v) is 7.01. The molecular weight excluding hydrogens is 264 g/mol. The summed E-state index contributed by atoms with van der Waals surface area (Å²) in [5.41, 5.74) is 1.09. The quantitative estimate of drug-likeness (QED) is 0.792. The van der Waals surface area contributed by atoms with Crippen LogP contribution in [0.1, 0.15) is 6.42 Å². The SMILES string of the molecule is COc1ccccc1N1CCN(C(=O)CCCl)CC1. The summed E-state index contributed by atoms with van der Waals surface area (Å²) in [5.74, 6) is 1.42. The number of nitrogens with zero attached hydrogens (tertiary/aromatic N) is 2. The summed E-state index contributed by atoms with van der Waals surface area (Å²) in [4.78, 5) is 15.9. The van der Waals surface area contributed by atoms with Crippen molar-refractivity contribution in [3.05, 3.63) is 24.3 Å². The van der Waals surface area contributed by atoms with E-state index in [0.29, 0.717) is 12.3 Å². The molecule has 4 nitrogen and oxygen atoms in total. The van der Waals surface area contributed by atoms with Gasteiger partial charge >= 0.3 is 0 Å². The molecule has 1 heterocycles. The third-order valence-corrected chi connectivity index (χ3v) is 3.56. The molecule has 1 amide bonds. The molecule has 1 aromatic rings. The summed E-state index contributed by atoms with van der Waals surface area (Å²) in [6, 6.07) is 7.97. The molecule has 5 heteroatoms. The van der Waals surface area contributed by atoms with Crippen LogP contribution in [0.3, 0.4) is 0 Å². The van der Waals surface area contributed by atoms with Crippen LogP contribution in [0.5, 0.6) is 5.75 Å². The standard InChI is InChI=1S/C14H19ClN2O2/c1-19-13-5-3-2-4-12(13)16-8-10-17(11-9-16)14(18)6-7-15/h2-5H,6-11H2,1H3. The number of benzene rings is 1. The molecule has 1 fully saturated rings. The topological polar surface area (TPSA) is 32.8 Å². The van der Waals surface area contributed by atoms with Gasteiger partial charge in [-0.15, -0.1) is 11.6 Å². The molecular formula is C14H19ClN2O2.